The number of thioether (sulfide) groups is 1. The third-order valence-corrected chi connectivity index (χ3v) is 5.51. The molecule has 0 unspecified atom stereocenters. The van der Waals surface area contributed by atoms with Crippen molar-refractivity contribution in [3.63, 3.8) is 0 Å². The molecule has 2 aromatic carbocycles. The number of carbonyl (C=O) groups excluding carboxylic acids is 2. The van der Waals surface area contributed by atoms with E-state index in [1.54, 1.807) is 25.3 Å². The van der Waals surface area contributed by atoms with Crippen molar-refractivity contribution in [2.24, 2.45) is 0 Å². The van der Waals surface area contributed by atoms with Gasteiger partial charge in [-0.25, -0.2) is 0 Å². The summed E-state index contributed by atoms with van der Waals surface area (Å²) in [5, 5.41) is 10.6. The fourth-order valence-corrected chi connectivity index (χ4v) is 3.98. The molecule has 1 amide bonds. The maximum atomic E-state index is 12.5. The van der Waals surface area contributed by atoms with Gasteiger partial charge in [-0.3, -0.25) is 9.69 Å². The maximum absolute atomic E-state index is 12.5. The predicted molar refractivity (Wildman–Crippen MR) is 113 cm³/mol. The molecule has 0 N–H and O–H groups in total. The quantitative estimate of drug-likeness (QED) is 0.472. The topological polar surface area (TPSA) is 78.9 Å². The highest BCUT2D eigenvalue weighted by Crippen LogP contribution is 2.35. The highest BCUT2D eigenvalue weighted by atomic mass is 32.2. The minimum atomic E-state index is -1.22. The van der Waals surface area contributed by atoms with Crippen LogP contribution in [0.4, 0.5) is 0 Å². The molecule has 1 fully saturated rings. The molecule has 2 aromatic rings. The van der Waals surface area contributed by atoms with E-state index in [4.69, 9.17) is 21.7 Å². The smallest absolute Gasteiger partial charge is 0.266 e. The lowest BCUT2D eigenvalue weighted by atomic mass is 10.1. The minimum absolute atomic E-state index is 0.0000745. The fraction of sp³-hybridized carbons (Fsp3) is 0.190. The first-order valence-corrected chi connectivity index (χ1v) is 10.0. The van der Waals surface area contributed by atoms with Crippen molar-refractivity contribution >= 4 is 46.3 Å². The maximum Gasteiger partial charge on any atom is 0.266 e. The molecule has 1 aliphatic heterocycles. The number of carboxylic acids is 1. The second-order valence-electron chi connectivity index (χ2n) is 6.14. The Hall–Kier alpha value is -2.84. The van der Waals surface area contributed by atoms with E-state index >= 15 is 0 Å². The molecule has 1 saturated heterocycles. The number of nitrogens with zero attached hydrogens (tertiary/aromatic N) is 1. The molecular weight excluding hydrogens is 410 g/mol. The molecule has 150 valence electrons. The number of rotatable bonds is 8. The van der Waals surface area contributed by atoms with Gasteiger partial charge in [0.25, 0.3) is 5.91 Å². The standard InChI is InChI=1S/C21H19NO5S2/c1-26-17-11-15(7-8-16(17)27-13-14-5-3-2-4-6-14)12-18-20(25)22(21(28)29-18)10-9-19(23)24/h2-8,11-12H,9-10,13H2,1H3,(H,23,24)/p-1/b18-12-. The Kier molecular flexibility index (Phi) is 6.90. The molecule has 3 rings (SSSR count). The van der Waals surface area contributed by atoms with Crippen LogP contribution in [0.1, 0.15) is 17.5 Å². The van der Waals surface area contributed by atoms with Gasteiger partial charge >= 0.3 is 0 Å². The van der Waals surface area contributed by atoms with Crippen LogP contribution in [-0.4, -0.2) is 34.8 Å². The second-order valence-corrected chi connectivity index (χ2v) is 7.82. The number of thiocarbonyl (C=S) groups is 1. The van der Waals surface area contributed by atoms with Gasteiger partial charge in [0, 0.05) is 18.9 Å². The Morgan fingerprint density at radius 2 is 1.97 bits per heavy atom. The lowest BCUT2D eigenvalue weighted by Gasteiger charge is -2.14. The number of ether oxygens (including phenoxy) is 2. The van der Waals surface area contributed by atoms with E-state index in [0.29, 0.717) is 27.3 Å². The Morgan fingerprint density at radius 1 is 1.21 bits per heavy atom. The summed E-state index contributed by atoms with van der Waals surface area (Å²) in [7, 11) is 1.55. The summed E-state index contributed by atoms with van der Waals surface area (Å²) in [5.41, 5.74) is 1.79. The number of hydrogen-bond acceptors (Lipinski definition) is 7. The fourth-order valence-electron chi connectivity index (χ4n) is 2.68. The number of carbonyl (C=O) groups is 2. The summed E-state index contributed by atoms with van der Waals surface area (Å²) >= 11 is 6.32. The molecule has 1 heterocycles. The van der Waals surface area contributed by atoms with E-state index in [1.807, 2.05) is 36.4 Å². The lowest BCUT2D eigenvalue weighted by Crippen LogP contribution is -2.33. The van der Waals surface area contributed by atoms with Crippen LogP contribution in [0.3, 0.4) is 0 Å². The first kappa shape index (κ1) is 20.9. The molecular formula is C21H18NO5S2-. The predicted octanol–water partition coefficient (Wildman–Crippen LogP) is 2.62. The molecule has 0 spiro atoms. The van der Waals surface area contributed by atoms with Gasteiger partial charge in [0.05, 0.1) is 12.0 Å². The van der Waals surface area contributed by atoms with Crippen LogP contribution < -0.4 is 14.6 Å². The van der Waals surface area contributed by atoms with Gasteiger partial charge < -0.3 is 19.4 Å². The van der Waals surface area contributed by atoms with Gasteiger partial charge in [0.15, 0.2) is 11.5 Å². The van der Waals surface area contributed by atoms with Crippen molar-refractivity contribution in [3.05, 3.63) is 64.6 Å². The van der Waals surface area contributed by atoms with Gasteiger partial charge in [-0.15, -0.1) is 0 Å². The summed E-state index contributed by atoms with van der Waals surface area (Å²) in [5.74, 6) is -0.402. The number of aliphatic carboxylic acids is 1. The van der Waals surface area contributed by atoms with Gasteiger partial charge in [-0.1, -0.05) is 60.4 Å². The Bertz CT molecular complexity index is 959. The zero-order chi connectivity index (χ0) is 20.8. The zero-order valence-corrected chi connectivity index (χ0v) is 17.3. The molecule has 6 nitrogen and oxygen atoms in total. The zero-order valence-electron chi connectivity index (χ0n) is 15.6. The van der Waals surface area contributed by atoms with Crippen LogP contribution in [0.15, 0.2) is 53.4 Å². The summed E-state index contributed by atoms with van der Waals surface area (Å²) in [6.07, 6.45) is 1.43. The van der Waals surface area contributed by atoms with Crippen molar-refractivity contribution in [1.29, 1.82) is 0 Å². The van der Waals surface area contributed by atoms with E-state index in [1.165, 1.54) is 4.90 Å². The number of benzene rings is 2. The van der Waals surface area contributed by atoms with Crippen LogP contribution in [0.5, 0.6) is 11.5 Å². The highest BCUT2D eigenvalue weighted by Gasteiger charge is 2.31. The average Bonchev–Trinajstić information content (AvgIpc) is 2.98. The summed E-state index contributed by atoms with van der Waals surface area (Å²) in [6.45, 7) is 0.410. The van der Waals surface area contributed by atoms with Crippen LogP contribution in [0, 0.1) is 0 Å². The van der Waals surface area contributed by atoms with Gasteiger partial charge in [0.2, 0.25) is 0 Å². The lowest BCUT2D eigenvalue weighted by molar-refractivity contribution is -0.305. The van der Waals surface area contributed by atoms with E-state index in [9.17, 15) is 14.7 Å². The molecule has 0 saturated carbocycles. The first-order valence-electron chi connectivity index (χ1n) is 8.78. The van der Waals surface area contributed by atoms with Crippen LogP contribution in [-0.2, 0) is 16.2 Å². The molecule has 0 atom stereocenters. The van der Waals surface area contributed by atoms with Crippen molar-refractivity contribution in [2.45, 2.75) is 13.0 Å². The van der Waals surface area contributed by atoms with Crippen molar-refractivity contribution in [1.82, 2.24) is 4.90 Å². The normalized spacial score (nSPS) is 15.1. The van der Waals surface area contributed by atoms with Gasteiger partial charge in [-0.05, 0) is 29.3 Å². The third-order valence-electron chi connectivity index (χ3n) is 4.14. The van der Waals surface area contributed by atoms with E-state index in [-0.39, 0.29) is 18.9 Å². The van der Waals surface area contributed by atoms with E-state index < -0.39 is 5.97 Å². The van der Waals surface area contributed by atoms with Crippen molar-refractivity contribution in [2.75, 3.05) is 13.7 Å². The second kappa shape index (κ2) is 9.58. The summed E-state index contributed by atoms with van der Waals surface area (Å²) in [4.78, 5) is 24.8. The monoisotopic (exact) mass is 428 g/mol. The highest BCUT2D eigenvalue weighted by molar-refractivity contribution is 8.26. The Labute approximate surface area is 178 Å². The van der Waals surface area contributed by atoms with Gasteiger partial charge in [0.1, 0.15) is 10.9 Å². The molecule has 0 aliphatic carbocycles. The summed E-state index contributed by atoms with van der Waals surface area (Å²) in [6, 6.07) is 15.2. The molecule has 0 radical (unpaired) electrons. The van der Waals surface area contributed by atoms with E-state index in [0.717, 1.165) is 22.9 Å². The van der Waals surface area contributed by atoms with Crippen LogP contribution in [0.25, 0.3) is 6.08 Å². The van der Waals surface area contributed by atoms with Crippen molar-refractivity contribution < 1.29 is 24.2 Å². The SMILES string of the molecule is COc1cc(/C=C2\SC(=S)N(CCC(=O)[O-])C2=O)ccc1OCc1ccccc1. The molecule has 29 heavy (non-hydrogen) atoms. The largest absolute Gasteiger partial charge is 0.550 e. The van der Waals surface area contributed by atoms with Crippen molar-refractivity contribution in [3.8, 4) is 11.5 Å². The van der Waals surface area contributed by atoms with Gasteiger partial charge in [-0.2, -0.15) is 0 Å². The number of hydrogen-bond donors (Lipinski definition) is 0. The number of carboxylic acid groups (broad SMARTS) is 1. The van der Waals surface area contributed by atoms with E-state index in [2.05, 4.69) is 0 Å². The Balaban J connectivity index is 1.73. The van der Waals surface area contributed by atoms with Crippen LogP contribution in [0.2, 0.25) is 0 Å². The third kappa shape index (κ3) is 5.36. The average molecular weight is 429 g/mol. The molecule has 0 aromatic heterocycles. The summed E-state index contributed by atoms with van der Waals surface area (Å²) < 4.78 is 11.6. The molecule has 8 heteroatoms. The first-order chi connectivity index (χ1) is 14.0. The number of amides is 1. The molecule has 0 bridgehead atoms. The minimum Gasteiger partial charge on any atom is -0.550 e. The molecule has 1 aliphatic rings. The Morgan fingerprint density at radius 3 is 2.66 bits per heavy atom. The number of methoxy groups -OCH3 is 1. The van der Waals surface area contributed by atoms with Crippen LogP contribution >= 0.6 is 24.0 Å².